The second kappa shape index (κ2) is 12.0. The third-order valence-electron chi connectivity index (χ3n) is 4.70. The number of amides is 3. The number of hydrogen-bond donors (Lipinski definition) is 5. The number of benzene rings is 1. The van der Waals surface area contributed by atoms with E-state index in [-0.39, 0.29) is 23.3 Å². The summed E-state index contributed by atoms with van der Waals surface area (Å²) in [5, 5.41) is 17.5. The van der Waals surface area contributed by atoms with Crippen LogP contribution < -0.4 is 26.4 Å². The largest absolute Gasteiger partial charge is 0.504 e. The Morgan fingerprint density at radius 2 is 1.28 bits per heavy atom. The number of hydrogen-bond acceptors (Lipinski definition) is 7. The Hall–Kier alpha value is -3.14. The van der Waals surface area contributed by atoms with Crippen molar-refractivity contribution in [2.24, 2.45) is 17.6 Å². The Labute approximate surface area is 188 Å². The molecule has 0 heterocycles. The summed E-state index contributed by atoms with van der Waals surface area (Å²) in [6, 6.07) is 2.28. The zero-order chi connectivity index (χ0) is 24.6. The van der Waals surface area contributed by atoms with E-state index in [1.165, 1.54) is 26.0 Å². The Balaban J connectivity index is 2.83. The highest BCUT2D eigenvalue weighted by molar-refractivity contribution is 5.94. The standard InChI is InChI=1S/C22H34N4O6/c1-11(2)17(26-21(30)18(12(3)4)25-19(28)13(5)23)20(29)24-14(6)22(31)32-16-10-8-7-9-15(16)27/h7-14,17-18,27H,23H2,1-6H3,(H,24,29)(H,25,28)(H,26,30)/t13-,14+,17-,18+/m1/s1. The molecule has 10 nitrogen and oxygen atoms in total. The van der Waals surface area contributed by atoms with Gasteiger partial charge in [0.15, 0.2) is 11.5 Å². The SMILES string of the molecule is CC(C)[C@H](NC(=O)[C@@H](C)N)C(=O)N[C@@H](C(=O)N[C@@H](C)C(=O)Oc1ccccc1O)C(C)C. The summed E-state index contributed by atoms with van der Waals surface area (Å²) in [5.41, 5.74) is 5.56. The van der Waals surface area contributed by atoms with Gasteiger partial charge in [0.2, 0.25) is 17.7 Å². The van der Waals surface area contributed by atoms with Crippen molar-refractivity contribution in [1.29, 1.82) is 0 Å². The van der Waals surface area contributed by atoms with Crippen molar-refractivity contribution in [1.82, 2.24) is 16.0 Å². The number of carbonyl (C=O) groups excluding carboxylic acids is 4. The lowest BCUT2D eigenvalue weighted by Gasteiger charge is -2.28. The zero-order valence-electron chi connectivity index (χ0n) is 19.3. The summed E-state index contributed by atoms with van der Waals surface area (Å²) in [6.45, 7) is 9.92. The van der Waals surface area contributed by atoms with Crippen LogP contribution in [0.3, 0.4) is 0 Å². The number of phenols is 1. The number of carbonyl (C=O) groups is 4. The Morgan fingerprint density at radius 3 is 1.75 bits per heavy atom. The molecule has 0 aromatic heterocycles. The number of esters is 1. The molecule has 1 rings (SSSR count). The lowest BCUT2D eigenvalue weighted by Crippen LogP contribution is -2.59. The van der Waals surface area contributed by atoms with Crippen molar-refractivity contribution < 1.29 is 29.0 Å². The summed E-state index contributed by atoms with van der Waals surface area (Å²) in [7, 11) is 0. The highest BCUT2D eigenvalue weighted by atomic mass is 16.5. The smallest absolute Gasteiger partial charge is 0.333 e. The van der Waals surface area contributed by atoms with Crippen LogP contribution >= 0.6 is 0 Å². The monoisotopic (exact) mass is 450 g/mol. The quantitative estimate of drug-likeness (QED) is 0.255. The Morgan fingerprint density at radius 1 is 0.812 bits per heavy atom. The maximum Gasteiger partial charge on any atom is 0.333 e. The normalized spacial score (nSPS) is 14.8. The van der Waals surface area contributed by atoms with Gasteiger partial charge in [0.05, 0.1) is 6.04 Å². The lowest BCUT2D eigenvalue weighted by atomic mass is 9.99. The van der Waals surface area contributed by atoms with Crippen molar-refractivity contribution in [3.8, 4) is 11.5 Å². The Bertz CT molecular complexity index is 824. The summed E-state index contributed by atoms with van der Waals surface area (Å²) < 4.78 is 5.11. The highest BCUT2D eigenvalue weighted by Crippen LogP contribution is 2.24. The van der Waals surface area contributed by atoms with Crippen LogP contribution in [0.4, 0.5) is 0 Å². The molecule has 0 bridgehead atoms. The molecule has 0 radical (unpaired) electrons. The molecule has 1 aromatic rings. The van der Waals surface area contributed by atoms with Crippen LogP contribution in [0.1, 0.15) is 41.5 Å². The summed E-state index contributed by atoms with van der Waals surface area (Å²) in [5.74, 6) is -3.18. The van der Waals surface area contributed by atoms with Gasteiger partial charge in [-0.05, 0) is 37.8 Å². The van der Waals surface area contributed by atoms with E-state index in [1.54, 1.807) is 39.8 Å². The lowest BCUT2D eigenvalue weighted by molar-refractivity contribution is -0.140. The van der Waals surface area contributed by atoms with Gasteiger partial charge in [-0.2, -0.15) is 0 Å². The first-order valence-corrected chi connectivity index (χ1v) is 10.5. The second-order valence-corrected chi connectivity index (χ2v) is 8.37. The number of nitrogens with one attached hydrogen (secondary N) is 3. The van der Waals surface area contributed by atoms with Gasteiger partial charge in [-0.15, -0.1) is 0 Å². The highest BCUT2D eigenvalue weighted by Gasteiger charge is 2.32. The van der Waals surface area contributed by atoms with E-state index in [0.717, 1.165) is 0 Å². The van der Waals surface area contributed by atoms with Crippen molar-refractivity contribution in [2.45, 2.75) is 65.7 Å². The van der Waals surface area contributed by atoms with Crippen LogP contribution in [0.15, 0.2) is 24.3 Å². The van der Waals surface area contributed by atoms with Crippen molar-refractivity contribution in [3.05, 3.63) is 24.3 Å². The fourth-order valence-electron chi connectivity index (χ4n) is 2.70. The number of nitrogens with two attached hydrogens (primary N) is 1. The first-order chi connectivity index (χ1) is 14.8. The average molecular weight is 451 g/mol. The van der Waals surface area contributed by atoms with Gasteiger partial charge in [0, 0.05) is 0 Å². The minimum atomic E-state index is -1.04. The van der Waals surface area contributed by atoms with E-state index in [9.17, 15) is 24.3 Å². The van der Waals surface area contributed by atoms with Gasteiger partial charge in [-0.1, -0.05) is 39.8 Å². The Kier molecular flexibility index (Phi) is 10.1. The van der Waals surface area contributed by atoms with Gasteiger partial charge in [-0.3, -0.25) is 14.4 Å². The van der Waals surface area contributed by atoms with E-state index >= 15 is 0 Å². The minimum Gasteiger partial charge on any atom is -0.504 e. The summed E-state index contributed by atoms with van der Waals surface area (Å²) in [6.07, 6.45) is 0. The van der Waals surface area contributed by atoms with Gasteiger partial charge < -0.3 is 31.5 Å². The minimum absolute atomic E-state index is 0.0306. The first kappa shape index (κ1) is 26.9. The number of phenolic OH excluding ortho intramolecular Hbond substituents is 1. The summed E-state index contributed by atoms with van der Waals surface area (Å²) in [4.78, 5) is 49.8. The van der Waals surface area contributed by atoms with E-state index in [0.29, 0.717) is 0 Å². The van der Waals surface area contributed by atoms with Crippen LogP contribution in [0, 0.1) is 11.8 Å². The van der Waals surface area contributed by atoms with Crippen LogP contribution in [-0.4, -0.2) is 53.0 Å². The molecule has 0 spiro atoms. The molecule has 0 unspecified atom stereocenters. The molecule has 6 N–H and O–H groups in total. The topological polar surface area (TPSA) is 160 Å². The molecule has 0 fully saturated rings. The molecule has 32 heavy (non-hydrogen) atoms. The maximum absolute atomic E-state index is 12.8. The van der Waals surface area contributed by atoms with Crippen LogP contribution in [-0.2, 0) is 19.2 Å². The second-order valence-electron chi connectivity index (χ2n) is 8.37. The van der Waals surface area contributed by atoms with Crippen molar-refractivity contribution in [2.75, 3.05) is 0 Å². The number of para-hydroxylation sites is 2. The van der Waals surface area contributed by atoms with Crippen molar-refractivity contribution >= 4 is 23.7 Å². The maximum atomic E-state index is 12.8. The third kappa shape index (κ3) is 7.84. The fourth-order valence-corrected chi connectivity index (χ4v) is 2.70. The fraction of sp³-hybridized carbons (Fsp3) is 0.545. The number of ether oxygens (including phenoxy) is 1. The number of rotatable bonds is 10. The third-order valence-corrected chi connectivity index (χ3v) is 4.70. The average Bonchev–Trinajstić information content (AvgIpc) is 2.70. The molecule has 0 saturated heterocycles. The van der Waals surface area contributed by atoms with Gasteiger partial charge in [0.25, 0.3) is 0 Å². The number of aromatic hydroxyl groups is 1. The molecular formula is C22H34N4O6. The van der Waals surface area contributed by atoms with Gasteiger partial charge in [0.1, 0.15) is 18.1 Å². The van der Waals surface area contributed by atoms with Crippen molar-refractivity contribution in [3.63, 3.8) is 0 Å². The van der Waals surface area contributed by atoms with E-state index in [2.05, 4.69) is 16.0 Å². The van der Waals surface area contributed by atoms with Crippen LogP contribution in [0.5, 0.6) is 11.5 Å². The van der Waals surface area contributed by atoms with E-state index in [4.69, 9.17) is 10.5 Å². The molecular weight excluding hydrogens is 416 g/mol. The first-order valence-electron chi connectivity index (χ1n) is 10.5. The molecule has 0 aliphatic heterocycles. The molecule has 0 aliphatic rings. The van der Waals surface area contributed by atoms with E-state index < -0.39 is 47.9 Å². The van der Waals surface area contributed by atoms with Gasteiger partial charge >= 0.3 is 5.97 Å². The molecule has 1 aromatic carbocycles. The molecule has 10 heteroatoms. The molecule has 0 aliphatic carbocycles. The predicted octanol–water partition coefficient (Wildman–Crippen LogP) is 0.431. The molecule has 0 saturated carbocycles. The van der Waals surface area contributed by atoms with Crippen LogP contribution in [0.2, 0.25) is 0 Å². The zero-order valence-corrected chi connectivity index (χ0v) is 19.3. The summed E-state index contributed by atoms with van der Waals surface area (Å²) >= 11 is 0. The predicted molar refractivity (Wildman–Crippen MR) is 119 cm³/mol. The molecule has 4 atom stereocenters. The van der Waals surface area contributed by atoms with Gasteiger partial charge in [-0.25, -0.2) is 4.79 Å². The molecule has 178 valence electrons. The van der Waals surface area contributed by atoms with E-state index in [1.807, 2.05) is 0 Å². The molecule has 3 amide bonds. The van der Waals surface area contributed by atoms with Crippen LogP contribution in [0.25, 0.3) is 0 Å².